The molecule has 4 rings (SSSR count). The predicted molar refractivity (Wildman–Crippen MR) is 111 cm³/mol. The summed E-state index contributed by atoms with van der Waals surface area (Å²) in [5.41, 5.74) is 3.90. The van der Waals surface area contributed by atoms with E-state index in [2.05, 4.69) is 26.2 Å². The molecule has 2 aromatic rings. The summed E-state index contributed by atoms with van der Waals surface area (Å²) >= 11 is 3.70. The van der Waals surface area contributed by atoms with Gasteiger partial charge in [-0.3, -0.25) is 4.79 Å². The zero-order valence-electron chi connectivity index (χ0n) is 16.2. The van der Waals surface area contributed by atoms with Gasteiger partial charge in [-0.2, -0.15) is 0 Å². The third kappa shape index (κ3) is 4.29. The van der Waals surface area contributed by atoms with Gasteiger partial charge >= 0.3 is 5.97 Å². The number of hydrogen-bond donors (Lipinski definition) is 1. The molecule has 0 spiro atoms. The molecule has 1 N–H and O–H groups in total. The van der Waals surface area contributed by atoms with Crippen LogP contribution in [0.2, 0.25) is 0 Å². The standard InChI is InChI=1S/C22H23BrN2O4/c1-13(26)24-17(12-14-6-3-2-4-7-14)22(27)29-18-10-9-15-19(23)16-8-5-11-28-21(16)25-20(15)18/h2-4,6-7,17-18H,5,8-12H2,1H3,(H,24,26)/t17-,18+/m0/s1. The van der Waals surface area contributed by atoms with E-state index in [0.717, 1.165) is 46.1 Å². The molecule has 0 saturated heterocycles. The molecule has 0 radical (unpaired) electrons. The number of pyridine rings is 1. The molecule has 2 heterocycles. The summed E-state index contributed by atoms with van der Waals surface area (Å²) in [5.74, 6) is -0.0796. The van der Waals surface area contributed by atoms with Crippen molar-refractivity contribution in [2.24, 2.45) is 0 Å². The molecular weight excluding hydrogens is 436 g/mol. The summed E-state index contributed by atoms with van der Waals surface area (Å²) in [5, 5.41) is 2.72. The van der Waals surface area contributed by atoms with Crippen LogP contribution < -0.4 is 10.1 Å². The number of ether oxygens (including phenoxy) is 2. The van der Waals surface area contributed by atoms with Crippen molar-refractivity contribution < 1.29 is 19.1 Å². The number of fused-ring (bicyclic) bond motifs is 2. The number of aromatic nitrogens is 1. The number of esters is 1. The predicted octanol–water partition coefficient (Wildman–Crippen LogP) is 3.45. The molecule has 152 valence electrons. The highest BCUT2D eigenvalue weighted by Gasteiger charge is 2.34. The Balaban J connectivity index is 1.53. The van der Waals surface area contributed by atoms with Crippen LogP contribution in [0.5, 0.6) is 5.88 Å². The second-order valence-corrected chi connectivity index (χ2v) is 8.23. The third-order valence-electron chi connectivity index (χ3n) is 5.29. The minimum Gasteiger partial charge on any atom is -0.477 e. The van der Waals surface area contributed by atoms with Crippen molar-refractivity contribution in [1.82, 2.24) is 10.3 Å². The Hall–Kier alpha value is -2.41. The van der Waals surface area contributed by atoms with E-state index in [-0.39, 0.29) is 5.91 Å². The number of nitrogens with one attached hydrogen (secondary N) is 1. The largest absolute Gasteiger partial charge is 0.477 e. The number of benzene rings is 1. The van der Waals surface area contributed by atoms with Crippen LogP contribution in [0.15, 0.2) is 34.8 Å². The van der Waals surface area contributed by atoms with Gasteiger partial charge in [0.2, 0.25) is 11.8 Å². The Morgan fingerprint density at radius 1 is 1.28 bits per heavy atom. The topological polar surface area (TPSA) is 77.5 Å². The first-order chi connectivity index (χ1) is 14.0. The van der Waals surface area contributed by atoms with E-state index in [1.807, 2.05) is 30.3 Å². The van der Waals surface area contributed by atoms with Gasteiger partial charge in [-0.25, -0.2) is 9.78 Å². The van der Waals surface area contributed by atoms with Gasteiger partial charge in [-0.05, 0) is 52.7 Å². The average Bonchev–Trinajstić information content (AvgIpc) is 3.11. The minimum atomic E-state index is -0.740. The molecule has 0 unspecified atom stereocenters. The summed E-state index contributed by atoms with van der Waals surface area (Å²) in [4.78, 5) is 29.2. The van der Waals surface area contributed by atoms with E-state index in [1.165, 1.54) is 6.92 Å². The average molecular weight is 459 g/mol. The van der Waals surface area contributed by atoms with E-state index in [0.29, 0.717) is 25.3 Å². The van der Waals surface area contributed by atoms with E-state index >= 15 is 0 Å². The fourth-order valence-electron chi connectivity index (χ4n) is 3.93. The number of halogens is 1. The first-order valence-corrected chi connectivity index (χ1v) is 10.7. The maximum atomic E-state index is 12.9. The monoisotopic (exact) mass is 458 g/mol. The maximum absolute atomic E-state index is 12.9. The number of carbonyl (C=O) groups is 2. The smallest absolute Gasteiger partial charge is 0.329 e. The lowest BCUT2D eigenvalue weighted by molar-refractivity contribution is -0.153. The molecule has 1 aliphatic heterocycles. The molecule has 29 heavy (non-hydrogen) atoms. The fraction of sp³-hybridized carbons (Fsp3) is 0.409. The molecule has 0 fully saturated rings. The van der Waals surface area contributed by atoms with Crippen molar-refractivity contribution in [3.8, 4) is 5.88 Å². The van der Waals surface area contributed by atoms with Gasteiger partial charge < -0.3 is 14.8 Å². The Morgan fingerprint density at radius 2 is 2.07 bits per heavy atom. The van der Waals surface area contributed by atoms with Gasteiger partial charge in [0.05, 0.1) is 12.3 Å². The van der Waals surface area contributed by atoms with Gasteiger partial charge in [0.1, 0.15) is 12.1 Å². The van der Waals surface area contributed by atoms with Gasteiger partial charge in [-0.1, -0.05) is 30.3 Å². The fourth-order valence-corrected chi connectivity index (χ4v) is 4.70. The Bertz CT molecular complexity index is 932. The number of amides is 1. The highest BCUT2D eigenvalue weighted by atomic mass is 79.9. The van der Waals surface area contributed by atoms with Gasteiger partial charge in [0, 0.05) is 23.4 Å². The molecule has 6 nitrogen and oxygen atoms in total. The molecular formula is C22H23BrN2O4. The lowest BCUT2D eigenvalue weighted by Crippen LogP contribution is -2.42. The molecule has 1 amide bonds. The number of carbonyl (C=O) groups excluding carboxylic acids is 2. The summed E-state index contributed by atoms with van der Waals surface area (Å²) < 4.78 is 12.6. The van der Waals surface area contributed by atoms with Crippen LogP contribution >= 0.6 is 15.9 Å². The Kier molecular flexibility index (Phi) is 5.85. The second kappa shape index (κ2) is 8.53. The summed E-state index contributed by atoms with van der Waals surface area (Å²) in [7, 11) is 0. The maximum Gasteiger partial charge on any atom is 0.329 e. The highest BCUT2D eigenvalue weighted by molar-refractivity contribution is 9.10. The molecule has 7 heteroatoms. The van der Waals surface area contributed by atoms with Crippen LogP contribution in [0, 0.1) is 0 Å². The zero-order valence-corrected chi connectivity index (χ0v) is 17.8. The molecule has 1 aliphatic carbocycles. The van der Waals surface area contributed by atoms with Crippen LogP contribution in [0.4, 0.5) is 0 Å². The van der Waals surface area contributed by atoms with E-state index in [4.69, 9.17) is 9.47 Å². The number of hydrogen-bond acceptors (Lipinski definition) is 5. The van der Waals surface area contributed by atoms with Crippen molar-refractivity contribution in [3.63, 3.8) is 0 Å². The third-order valence-corrected chi connectivity index (χ3v) is 6.25. The number of nitrogens with zero attached hydrogens (tertiary/aromatic N) is 1. The van der Waals surface area contributed by atoms with Gasteiger partial charge in [0.15, 0.2) is 0 Å². The lowest BCUT2D eigenvalue weighted by Gasteiger charge is -2.22. The molecule has 2 aliphatic rings. The van der Waals surface area contributed by atoms with Crippen molar-refractivity contribution in [2.45, 2.75) is 51.2 Å². The first kappa shape index (κ1) is 19.9. The summed E-state index contributed by atoms with van der Waals surface area (Å²) in [6, 6.07) is 8.84. The van der Waals surface area contributed by atoms with Crippen LogP contribution in [-0.4, -0.2) is 29.5 Å². The van der Waals surface area contributed by atoms with Crippen LogP contribution in [-0.2, 0) is 33.6 Å². The summed E-state index contributed by atoms with van der Waals surface area (Å²) in [6.45, 7) is 2.05. The first-order valence-electron chi connectivity index (χ1n) is 9.88. The minimum absolute atomic E-state index is 0.266. The summed E-state index contributed by atoms with van der Waals surface area (Å²) in [6.07, 6.45) is 3.32. The van der Waals surface area contributed by atoms with Gasteiger partial charge in [0.25, 0.3) is 0 Å². The SMILES string of the molecule is CC(=O)N[C@@H](Cc1ccccc1)C(=O)O[C@@H]1CCc2c1nc1c(c2Br)CCCO1. The lowest BCUT2D eigenvalue weighted by atomic mass is 10.1. The van der Waals surface area contributed by atoms with Gasteiger partial charge in [-0.15, -0.1) is 0 Å². The van der Waals surface area contributed by atoms with Crippen molar-refractivity contribution in [1.29, 1.82) is 0 Å². The molecule has 0 bridgehead atoms. The van der Waals surface area contributed by atoms with Crippen molar-refractivity contribution >= 4 is 27.8 Å². The van der Waals surface area contributed by atoms with Crippen molar-refractivity contribution in [3.05, 3.63) is 57.2 Å². The van der Waals surface area contributed by atoms with E-state index < -0.39 is 18.1 Å². The van der Waals surface area contributed by atoms with Crippen LogP contribution in [0.3, 0.4) is 0 Å². The number of rotatable bonds is 5. The Morgan fingerprint density at radius 3 is 2.83 bits per heavy atom. The van der Waals surface area contributed by atoms with E-state index in [1.54, 1.807) is 0 Å². The van der Waals surface area contributed by atoms with Crippen LogP contribution in [0.25, 0.3) is 0 Å². The van der Waals surface area contributed by atoms with Crippen LogP contribution in [0.1, 0.15) is 48.3 Å². The van der Waals surface area contributed by atoms with Crippen molar-refractivity contribution in [2.75, 3.05) is 6.61 Å². The molecule has 1 aromatic carbocycles. The molecule has 2 atom stereocenters. The highest BCUT2D eigenvalue weighted by Crippen LogP contribution is 2.42. The zero-order chi connectivity index (χ0) is 20.4. The normalized spacial score (nSPS) is 18.2. The quantitative estimate of drug-likeness (QED) is 0.694. The molecule has 1 aromatic heterocycles. The van der Waals surface area contributed by atoms with E-state index in [9.17, 15) is 9.59 Å². The molecule has 0 saturated carbocycles. The second-order valence-electron chi connectivity index (χ2n) is 7.43. The Labute approximate surface area is 178 Å².